The first-order chi connectivity index (χ1) is 14.3. The van der Waals surface area contributed by atoms with E-state index in [1.165, 1.54) is 19.3 Å². The number of nitrogens with one attached hydrogen (secondary N) is 1. The Morgan fingerprint density at radius 3 is 2.76 bits per heavy atom. The highest BCUT2D eigenvalue weighted by Crippen LogP contribution is 2.42. The van der Waals surface area contributed by atoms with Gasteiger partial charge in [0.15, 0.2) is 0 Å². The average molecular weight is 413 g/mol. The molecule has 2 aliphatic heterocycles. The Kier molecular flexibility index (Phi) is 5.33. The van der Waals surface area contributed by atoms with Crippen LogP contribution in [0.25, 0.3) is 10.4 Å². The molecular formula is C23H28N2O3S. The Morgan fingerprint density at radius 2 is 1.93 bits per heavy atom. The molecule has 2 aromatic rings. The van der Waals surface area contributed by atoms with E-state index in [1.54, 1.807) is 11.3 Å². The van der Waals surface area contributed by atoms with E-state index in [9.17, 15) is 4.79 Å². The van der Waals surface area contributed by atoms with Crippen LogP contribution >= 0.6 is 11.3 Å². The summed E-state index contributed by atoms with van der Waals surface area (Å²) in [5, 5.41) is 3.29. The molecule has 1 saturated carbocycles. The molecule has 3 heterocycles. The molecule has 6 heteroatoms. The fourth-order valence-electron chi connectivity index (χ4n) is 5.00. The van der Waals surface area contributed by atoms with Gasteiger partial charge in [-0.15, -0.1) is 11.3 Å². The summed E-state index contributed by atoms with van der Waals surface area (Å²) in [6.07, 6.45) is 6.12. The number of para-hydroxylation sites is 1. The molecule has 1 N–H and O–H groups in total. The predicted octanol–water partition coefficient (Wildman–Crippen LogP) is 4.07. The van der Waals surface area contributed by atoms with Gasteiger partial charge in [0.25, 0.3) is 5.91 Å². The van der Waals surface area contributed by atoms with Gasteiger partial charge in [0.2, 0.25) is 0 Å². The maximum atomic E-state index is 13.1. The summed E-state index contributed by atoms with van der Waals surface area (Å²) in [5.74, 6) is 0.947. The van der Waals surface area contributed by atoms with Gasteiger partial charge in [-0.05, 0) is 31.0 Å². The molecule has 0 atom stereocenters. The number of carbonyl (C=O) groups is 1. The van der Waals surface area contributed by atoms with E-state index >= 15 is 0 Å². The molecule has 0 spiro atoms. The van der Waals surface area contributed by atoms with Crippen molar-refractivity contribution in [2.24, 2.45) is 0 Å². The molecule has 1 aromatic heterocycles. The van der Waals surface area contributed by atoms with E-state index in [2.05, 4.69) is 16.3 Å². The second-order valence-electron chi connectivity index (χ2n) is 8.32. The van der Waals surface area contributed by atoms with Crippen LogP contribution in [-0.4, -0.2) is 49.2 Å². The maximum absolute atomic E-state index is 13.1. The minimum atomic E-state index is 0.0417. The molecular weight excluding hydrogens is 384 g/mol. The van der Waals surface area contributed by atoms with E-state index in [4.69, 9.17) is 9.47 Å². The molecule has 5 rings (SSSR count). The molecule has 0 bridgehead atoms. The normalized spacial score (nSPS) is 21.0. The van der Waals surface area contributed by atoms with Crippen molar-refractivity contribution in [2.75, 3.05) is 32.8 Å². The minimum Gasteiger partial charge on any atom is -0.488 e. The standard InChI is InChI=1S/C23H28N2O3S/c26-22(20-14-17-15-28-19-7-3-2-6-18(19)21(17)29-20)24-16-23(8-4-1-5-9-23)25-10-12-27-13-11-25/h2-3,6-7,14H,1,4-5,8-13,15-16H2,(H,24,26). The molecule has 1 aliphatic carbocycles. The zero-order valence-corrected chi connectivity index (χ0v) is 17.6. The number of rotatable bonds is 4. The molecule has 5 nitrogen and oxygen atoms in total. The molecule has 3 aliphatic rings. The summed E-state index contributed by atoms with van der Waals surface area (Å²) in [6, 6.07) is 10.1. The van der Waals surface area contributed by atoms with Gasteiger partial charge in [0.05, 0.1) is 18.1 Å². The second kappa shape index (κ2) is 8.09. The number of benzene rings is 1. The second-order valence-corrected chi connectivity index (χ2v) is 9.37. The van der Waals surface area contributed by atoms with Crippen molar-refractivity contribution in [3.8, 4) is 16.2 Å². The lowest BCUT2D eigenvalue weighted by molar-refractivity contribution is -0.0361. The molecule has 1 saturated heterocycles. The van der Waals surface area contributed by atoms with Crippen LogP contribution in [0.2, 0.25) is 0 Å². The first-order valence-corrected chi connectivity index (χ1v) is 11.5. The maximum Gasteiger partial charge on any atom is 0.261 e. The number of ether oxygens (including phenoxy) is 2. The fourth-order valence-corrected chi connectivity index (χ4v) is 6.11. The minimum absolute atomic E-state index is 0.0417. The van der Waals surface area contributed by atoms with Crippen LogP contribution in [0, 0.1) is 0 Å². The van der Waals surface area contributed by atoms with Gasteiger partial charge in [-0.3, -0.25) is 9.69 Å². The van der Waals surface area contributed by atoms with Gasteiger partial charge < -0.3 is 14.8 Å². The third-order valence-corrected chi connectivity index (χ3v) is 7.80. The predicted molar refractivity (Wildman–Crippen MR) is 115 cm³/mol. The number of fused-ring (bicyclic) bond motifs is 3. The lowest BCUT2D eigenvalue weighted by atomic mass is 9.79. The van der Waals surface area contributed by atoms with Crippen LogP contribution in [-0.2, 0) is 11.3 Å². The van der Waals surface area contributed by atoms with Gasteiger partial charge in [0, 0.05) is 41.2 Å². The number of hydrogen-bond acceptors (Lipinski definition) is 5. The van der Waals surface area contributed by atoms with Gasteiger partial charge in [-0.25, -0.2) is 0 Å². The van der Waals surface area contributed by atoms with Crippen LogP contribution in [0.4, 0.5) is 0 Å². The molecule has 0 radical (unpaired) electrons. The Morgan fingerprint density at radius 1 is 1.14 bits per heavy atom. The first kappa shape index (κ1) is 19.1. The molecule has 0 unspecified atom stereocenters. The van der Waals surface area contributed by atoms with Crippen molar-refractivity contribution in [1.29, 1.82) is 0 Å². The lowest BCUT2D eigenvalue weighted by Crippen LogP contribution is -2.59. The Balaban J connectivity index is 1.32. The Labute approximate surface area is 176 Å². The number of thiophene rings is 1. The Hall–Kier alpha value is -1.89. The molecule has 1 aromatic carbocycles. The van der Waals surface area contributed by atoms with Gasteiger partial charge in [-0.1, -0.05) is 31.4 Å². The number of morpholine rings is 1. The highest BCUT2D eigenvalue weighted by atomic mass is 32.1. The zero-order valence-electron chi connectivity index (χ0n) is 16.7. The van der Waals surface area contributed by atoms with Crippen LogP contribution in [0.5, 0.6) is 5.75 Å². The number of hydrogen-bond donors (Lipinski definition) is 1. The summed E-state index contributed by atoms with van der Waals surface area (Å²) >= 11 is 1.58. The molecule has 29 heavy (non-hydrogen) atoms. The highest BCUT2D eigenvalue weighted by Gasteiger charge is 2.39. The average Bonchev–Trinajstić information content (AvgIpc) is 3.24. The summed E-state index contributed by atoms with van der Waals surface area (Å²) in [7, 11) is 0. The SMILES string of the molecule is O=C(NCC1(N2CCOCC2)CCCCC1)c1cc2c(s1)-c1ccccc1OC2. The van der Waals surface area contributed by atoms with Crippen molar-refractivity contribution in [1.82, 2.24) is 10.2 Å². The van der Waals surface area contributed by atoms with E-state index in [0.29, 0.717) is 6.61 Å². The third-order valence-electron chi connectivity index (χ3n) is 6.59. The first-order valence-electron chi connectivity index (χ1n) is 10.7. The largest absolute Gasteiger partial charge is 0.488 e. The number of carbonyl (C=O) groups excluding carboxylic acids is 1. The topological polar surface area (TPSA) is 50.8 Å². The quantitative estimate of drug-likeness (QED) is 0.822. The van der Waals surface area contributed by atoms with Gasteiger partial charge in [-0.2, -0.15) is 0 Å². The summed E-state index contributed by atoms with van der Waals surface area (Å²) in [6.45, 7) is 4.80. The van der Waals surface area contributed by atoms with E-state index in [-0.39, 0.29) is 11.4 Å². The number of amides is 1. The zero-order chi connectivity index (χ0) is 19.7. The van der Waals surface area contributed by atoms with E-state index in [0.717, 1.165) is 72.3 Å². The smallest absolute Gasteiger partial charge is 0.261 e. The third kappa shape index (κ3) is 3.69. The molecule has 2 fully saturated rings. The Bertz CT molecular complexity index is 882. The summed E-state index contributed by atoms with van der Waals surface area (Å²) in [4.78, 5) is 17.6. The highest BCUT2D eigenvalue weighted by molar-refractivity contribution is 7.17. The van der Waals surface area contributed by atoms with Crippen LogP contribution in [0.3, 0.4) is 0 Å². The van der Waals surface area contributed by atoms with E-state index < -0.39 is 0 Å². The summed E-state index contributed by atoms with van der Waals surface area (Å²) in [5.41, 5.74) is 2.29. The monoisotopic (exact) mass is 412 g/mol. The number of nitrogens with zero attached hydrogens (tertiary/aromatic N) is 1. The molecule has 154 valence electrons. The lowest BCUT2D eigenvalue weighted by Gasteiger charge is -2.48. The van der Waals surface area contributed by atoms with Crippen LogP contribution < -0.4 is 10.1 Å². The van der Waals surface area contributed by atoms with Crippen molar-refractivity contribution in [3.63, 3.8) is 0 Å². The molecule has 1 amide bonds. The van der Waals surface area contributed by atoms with Gasteiger partial charge >= 0.3 is 0 Å². The van der Waals surface area contributed by atoms with E-state index in [1.807, 2.05) is 24.3 Å². The summed E-state index contributed by atoms with van der Waals surface area (Å²) < 4.78 is 11.4. The van der Waals surface area contributed by atoms with Crippen molar-refractivity contribution < 1.29 is 14.3 Å². The van der Waals surface area contributed by atoms with Crippen molar-refractivity contribution in [2.45, 2.75) is 44.2 Å². The van der Waals surface area contributed by atoms with Crippen molar-refractivity contribution in [3.05, 3.63) is 40.8 Å². The van der Waals surface area contributed by atoms with Crippen LogP contribution in [0.1, 0.15) is 47.3 Å². The van der Waals surface area contributed by atoms with Crippen molar-refractivity contribution >= 4 is 17.2 Å². The van der Waals surface area contributed by atoms with Gasteiger partial charge in [0.1, 0.15) is 12.4 Å². The fraction of sp³-hybridized carbons (Fsp3) is 0.522. The van der Waals surface area contributed by atoms with Crippen LogP contribution in [0.15, 0.2) is 30.3 Å².